The Labute approximate surface area is 172 Å². The smallest absolute Gasteiger partial charge is 0.299 e. The predicted molar refractivity (Wildman–Crippen MR) is 106 cm³/mol. The number of amides is 1. The van der Waals surface area contributed by atoms with Crippen molar-refractivity contribution in [2.45, 2.75) is 13.5 Å². The van der Waals surface area contributed by atoms with Gasteiger partial charge in [0.2, 0.25) is 5.88 Å². The van der Waals surface area contributed by atoms with Gasteiger partial charge < -0.3 is 14.6 Å². The van der Waals surface area contributed by atoms with Crippen LogP contribution < -0.4 is 15.0 Å². The molecule has 0 atom stereocenters. The molecule has 0 bridgehead atoms. The van der Waals surface area contributed by atoms with Crippen molar-refractivity contribution in [2.75, 3.05) is 13.7 Å². The summed E-state index contributed by atoms with van der Waals surface area (Å²) in [4.78, 5) is 25.4. The Morgan fingerprint density at radius 3 is 2.60 bits per heavy atom. The zero-order valence-electron chi connectivity index (χ0n) is 16.4. The van der Waals surface area contributed by atoms with Gasteiger partial charge in [-0.15, -0.1) is 0 Å². The summed E-state index contributed by atoms with van der Waals surface area (Å²) < 4.78 is 24.2. The third kappa shape index (κ3) is 5.00. The number of nitrogens with one attached hydrogen (secondary N) is 1. The van der Waals surface area contributed by atoms with Gasteiger partial charge in [-0.25, -0.2) is 19.8 Å². The molecule has 0 aliphatic heterocycles. The SMILES string of the molecule is CCOc1ccc(-c2cnc(O)c(C(=O)NOCc3cc(OC)ccc3F)n2)cc1. The fourth-order valence-electron chi connectivity index (χ4n) is 2.58. The number of rotatable bonds is 8. The average Bonchev–Trinajstić information content (AvgIpc) is 2.76. The molecular weight excluding hydrogens is 393 g/mol. The van der Waals surface area contributed by atoms with Gasteiger partial charge >= 0.3 is 0 Å². The lowest BCUT2D eigenvalue weighted by molar-refractivity contribution is 0.0216. The predicted octanol–water partition coefficient (Wildman–Crippen LogP) is 3.26. The molecule has 9 heteroatoms. The minimum absolute atomic E-state index is 0.188. The van der Waals surface area contributed by atoms with Gasteiger partial charge in [0, 0.05) is 11.1 Å². The molecule has 2 aromatic carbocycles. The van der Waals surface area contributed by atoms with E-state index in [2.05, 4.69) is 15.4 Å². The minimum atomic E-state index is -0.823. The topological polar surface area (TPSA) is 103 Å². The normalized spacial score (nSPS) is 10.5. The monoisotopic (exact) mass is 413 g/mol. The molecule has 3 rings (SSSR count). The van der Waals surface area contributed by atoms with Gasteiger partial charge in [0.1, 0.15) is 23.9 Å². The Morgan fingerprint density at radius 1 is 1.17 bits per heavy atom. The molecule has 1 aromatic heterocycles. The number of hydroxylamine groups is 1. The van der Waals surface area contributed by atoms with Crippen molar-refractivity contribution in [3.05, 3.63) is 65.7 Å². The van der Waals surface area contributed by atoms with Crippen molar-refractivity contribution in [3.8, 4) is 28.6 Å². The molecule has 30 heavy (non-hydrogen) atoms. The number of benzene rings is 2. The number of aromatic nitrogens is 2. The van der Waals surface area contributed by atoms with E-state index >= 15 is 0 Å². The highest BCUT2D eigenvalue weighted by Crippen LogP contribution is 2.23. The summed E-state index contributed by atoms with van der Waals surface area (Å²) in [6.07, 6.45) is 1.34. The van der Waals surface area contributed by atoms with Crippen LogP contribution in [0.2, 0.25) is 0 Å². The number of halogens is 1. The van der Waals surface area contributed by atoms with E-state index < -0.39 is 17.6 Å². The van der Waals surface area contributed by atoms with Crippen molar-refractivity contribution >= 4 is 5.91 Å². The van der Waals surface area contributed by atoms with Crippen LogP contribution in [0, 0.1) is 5.82 Å². The number of aromatic hydroxyl groups is 1. The number of nitrogens with zero attached hydrogens (tertiary/aromatic N) is 2. The van der Waals surface area contributed by atoms with E-state index in [4.69, 9.17) is 14.3 Å². The summed E-state index contributed by atoms with van der Waals surface area (Å²) in [7, 11) is 1.46. The maximum Gasteiger partial charge on any atom is 0.299 e. The third-order valence-corrected chi connectivity index (χ3v) is 4.07. The first-order valence-corrected chi connectivity index (χ1v) is 9.05. The molecule has 0 fully saturated rings. The summed E-state index contributed by atoms with van der Waals surface area (Å²) in [6.45, 7) is 2.18. The van der Waals surface area contributed by atoms with Gasteiger partial charge in [-0.1, -0.05) is 0 Å². The maximum absolute atomic E-state index is 13.8. The second-order valence-corrected chi connectivity index (χ2v) is 6.06. The van der Waals surface area contributed by atoms with Gasteiger partial charge in [0.15, 0.2) is 5.69 Å². The summed E-state index contributed by atoms with van der Waals surface area (Å²) in [5, 5.41) is 9.91. The third-order valence-electron chi connectivity index (χ3n) is 4.07. The lowest BCUT2D eigenvalue weighted by atomic mass is 10.1. The number of carbonyl (C=O) groups is 1. The van der Waals surface area contributed by atoms with Crippen LogP contribution >= 0.6 is 0 Å². The summed E-state index contributed by atoms with van der Waals surface area (Å²) >= 11 is 0. The van der Waals surface area contributed by atoms with Crippen LogP contribution in [0.4, 0.5) is 4.39 Å². The van der Waals surface area contributed by atoms with E-state index in [0.717, 1.165) is 0 Å². The fraction of sp³-hybridized carbons (Fsp3) is 0.190. The van der Waals surface area contributed by atoms with E-state index in [9.17, 15) is 14.3 Å². The standard InChI is InChI=1S/C21H20FN3O5/c1-3-29-15-6-4-13(5-7-15)18-11-23-20(26)19(24-18)21(27)25-30-12-14-10-16(28-2)8-9-17(14)22/h4-11H,3,12H2,1-2H3,(H,23,26)(H,25,27). The van der Waals surface area contributed by atoms with Gasteiger partial charge in [-0.2, -0.15) is 0 Å². The van der Waals surface area contributed by atoms with Crippen molar-refractivity contribution in [1.29, 1.82) is 0 Å². The van der Waals surface area contributed by atoms with Crippen molar-refractivity contribution < 1.29 is 28.6 Å². The molecule has 8 nitrogen and oxygen atoms in total. The molecule has 1 heterocycles. The first-order chi connectivity index (χ1) is 14.5. The first kappa shape index (κ1) is 21.0. The Morgan fingerprint density at radius 2 is 1.90 bits per heavy atom. The van der Waals surface area contributed by atoms with Crippen LogP contribution in [0.3, 0.4) is 0 Å². The number of ether oxygens (including phenoxy) is 2. The van der Waals surface area contributed by atoms with E-state index in [-0.39, 0.29) is 17.9 Å². The van der Waals surface area contributed by atoms with Crippen LogP contribution in [0.15, 0.2) is 48.7 Å². The second kappa shape index (κ2) is 9.66. The quantitative estimate of drug-likeness (QED) is 0.547. The summed E-state index contributed by atoms with van der Waals surface area (Å²) in [5.41, 5.74) is 3.05. The van der Waals surface area contributed by atoms with Crippen LogP contribution in [0.1, 0.15) is 23.0 Å². The zero-order valence-corrected chi connectivity index (χ0v) is 16.4. The van der Waals surface area contributed by atoms with Gasteiger partial charge in [-0.05, 0) is 49.4 Å². The average molecular weight is 413 g/mol. The van der Waals surface area contributed by atoms with Gasteiger partial charge in [0.05, 0.1) is 25.6 Å². The van der Waals surface area contributed by atoms with Gasteiger partial charge in [0.25, 0.3) is 5.91 Å². The molecule has 0 aliphatic carbocycles. The summed E-state index contributed by atoms with van der Waals surface area (Å²) in [6, 6.07) is 11.2. The highest BCUT2D eigenvalue weighted by Gasteiger charge is 2.17. The summed E-state index contributed by atoms with van der Waals surface area (Å²) in [5.74, 6) is -0.739. The first-order valence-electron chi connectivity index (χ1n) is 9.05. The van der Waals surface area contributed by atoms with Crippen molar-refractivity contribution in [3.63, 3.8) is 0 Å². The minimum Gasteiger partial charge on any atom is -0.497 e. The van der Waals surface area contributed by atoms with E-state index in [1.165, 1.54) is 31.5 Å². The van der Waals surface area contributed by atoms with Crippen LogP contribution in [0.5, 0.6) is 17.4 Å². The molecular formula is C21H20FN3O5. The fourth-order valence-corrected chi connectivity index (χ4v) is 2.58. The number of methoxy groups -OCH3 is 1. The molecule has 0 radical (unpaired) electrons. The van der Waals surface area contributed by atoms with Crippen LogP contribution in [-0.4, -0.2) is 34.7 Å². The Bertz CT molecular complexity index is 1030. The zero-order chi connectivity index (χ0) is 21.5. The van der Waals surface area contributed by atoms with Crippen LogP contribution in [-0.2, 0) is 11.4 Å². The molecule has 3 aromatic rings. The highest BCUT2D eigenvalue weighted by atomic mass is 19.1. The largest absolute Gasteiger partial charge is 0.497 e. The number of carbonyl (C=O) groups excluding carboxylic acids is 1. The van der Waals surface area contributed by atoms with E-state index in [0.29, 0.717) is 29.4 Å². The van der Waals surface area contributed by atoms with Crippen molar-refractivity contribution in [1.82, 2.24) is 15.4 Å². The molecule has 0 saturated carbocycles. The Kier molecular flexibility index (Phi) is 6.76. The number of hydrogen-bond donors (Lipinski definition) is 2. The molecule has 0 spiro atoms. The van der Waals surface area contributed by atoms with Crippen LogP contribution in [0.25, 0.3) is 11.3 Å². The van der Waals surface area contributed by atoms with E-state index in [1.807, 2.05) is 6.92 Å². The number of hydrogen-bond acceptors (Lipinski definition) is 7. The van der Waals surface area contributed by atoms with Crippen molar-refractivity contribution in [2.24, 2.45) is 0 Å². The van der Waals surface area contributed by atoms with E-state index in [1.54, 1.807) is 24.3 Å². The Balaban J connectivity index is 1.69. The molecule has 0 unspecified atom stereocenters. The lowest BCUT2D eigenvalue weighted by Crippen LogP contribution is -2.25. The van der Waals surface area contributed by atoms with Gasteiger partial charge in [-0.3, -0.25) is 9.63 Å². The highest BCUT2D eigenvalue weighted by molar-refractivity contribution is 5.94. The lowest BCUT2D eigenvalue weighted by Gasteiger charge is -2.09. The molecule has 0 saturated heterocycles. The maximum atomic E-state index is 13.8. The molecule has 1 amide bonds. The Hall–Kier alpha value is -3.72. The second-order valence-electron chi connectivity index (χ2n) is 6.06. The molecule has 0 aliphatic rings. The molecule has 2 N–H and O–H groups in total. The molecule has 156 valence electrons.